The zero-order chi connectivity index (χ0) is 16.3. The summed E-state index contributed by atoms with van der Waals surface area (Å²) in [6.07, 6.45) is 3.09. The zero-order valence-electron chi connectivity index (χ0n) is 13.0. The molecule has 0 aliphatic heterocycles. The van der Waals surface area contributed by atoms with E-state index in [9.17, 15) is 14.4 Å². The van der Waals surface area contributed by atoms with Crippen LogP contribution in [-0.2, 0) is 30.2 Å². The third-order valence-corrected chi connectivity index (χ3v) is 3.59. The Kier molecular flexibility index (Phi) is 4.92. The fraction of sp³-hybridized carbons (Fsp3) is 0.571. The molecule has 2 aromatic rings. The van der Waals surface area contributed by atoms with Crippen molar-refractivity contribution in [3.05, 3.63) is 27.2 Å². The number of aromatic nitrogens is 4. The first kappa shape index (κ1) is 16.2. The summed E-state index contributed by atoms with van der Waals surface area (Å²) in [6.45, 7) is 0.385. The van der Waals surface area contributed by atoms with Crippen LogP contribution < -0.4 is 11.2 Å². The van der Waals surface area contributed by atoms with Crippen molar-refractivity contribution in [2.24, 2.45) is 14.1 Å². The van der Waals surface area contributed by atoms with Crippen molar-refractivity contribution in [1.29, 1.82) is 0 Å². The molecule has 0 spiro atoms. The Morgan fingerprint density at radius 3 is 2.68 bits per heavy atom. The number of carbonyl (C=O) groups excluding carboxylic acids is 1. The quantitative estimate of drug-likeness (QED) is 0.662. The first-order valence-electron chi connectivity index (χ1n) is 7.09. The van der Waals surface area contributed by atoms with Gasteiger partial charge in [-0.05, 0) is 12.8 Å². The van der Waals surface area contributed by atoms with E-state index in [2.05, 4.69) is 4.98 Å². The first-order valence-corrected chi connectivity index (χ1v) is 7.09. The molecule has 0 amide bonds. The topological polar surface area (TPSA) is 88.1 Å². The fourth-order valence-corrected chi connectivity index (χ4v) is 2.42. The Balaban J connectivity index is 2.18. The van der Waals surface area contributed by atoms with E-state index in [1.54, 1.807) is 18.7 Å². The molecule has 0 atom stereocenters. The summed E-state index contributed by atoms with van der Waals surface area (Å²) in [5.74, 6) is 0.0184. The molecule has 0 aliphatic carbocycles. The van der Waals surface area contributed by atoms with Crippen molar-refractivity contribution in [1.82, 2.24) is 18.7 Å². The summed E-state index contributed by atoms with van der Waals surface area (Å²) in [7, 11) is 4.79. The summed E-state index contributed by atoms with van der Waals surface area (Å²) < 4.78 is 8.93. The number of ketones is 1. The number of ether oxygens (including phenoxy) is 1. The molecular formula is C14H20N4O4. The van der Waals surface area contributed by atoms with Crippen LogP contribution in [0, 0.1) is 0 Å². The lowest BCUT2D eigenvalue weighted by Crippen LogP contribution is -2.39. The molecule has 8 heteroatoms. The molecule has 0 radical (unpaired) electrons. The monoisotopic (exact) mass is 308 g/mol. The standard InChI is InChI=1S/C14H20N4O4/c1-16-9-15-12-11(16)13(20)18(14(21)17(12)2)7-5-4-6-10(19)8-22-3/h9H,4-8H2,1-3H3. The van der Waals surface area contributed by atoms with Crippen molar-refractivity contribution in [3.63, 3.8) is 0 Å². The van der Waals surface area contributed by atoms with Crippen molar-refractivity contribution >= 4 is 16.9 Å². The molecule has 0 saturated heterocycles. The normalized spacial score (nSPS) is 11.2. The number of methoxy groups -OCH3 is 1. The van der Waals surface area contributed by atoms with Gasteiger partial charge in [-0.1, -0.05) is 0 Å². The second-order valence-corrected chi connectivity index (χ2v) is 5.25. The molecular weight excluding hydrogens is 288 g/mol. The number of unbranched alkanes of at least 4 members (excludes halogenated alkanes) is 1. The van der Waals surface area contributed by atoms with Crippen molar-refractivity contribution < 1.29 is 9.53 Å². The number of aryl methyl sites for hydroxylation is 2. The zero-order valence-corrected chi connectivity index (χ0v) is 13.0. The van der Waals surface area contributed by atoms with E-state index in [1.807, 2.05) is 0 Å². The van der Waals surface area contributed by atoms with Gasteiger partial charge in [-0.15, -0.1) is 0 Å². The largest absolute Gasteiger partial charge is 0.377 e. The van der Waals surface area contributed by atoms with Gasteiger partial charge in [0.2, 0.25) is 0 Å². The van der Waals surface area contributed by atoms with Crippen LogP contribution in [0.15, 0.2) is 15.9 Å². The second-order valence-electron chi connectivity index (χ2n) is 5.25. The summed E-state index contributed by atoms with van der Waals surface area (Å²) in [5.41, 5.74) is 0.0438. The first-order chi connectivity index (χ1) is 10.5. The number of imidazole rings is 1. The lowest BCUT2D eigenvalue weighted by molar-refractivity contribution is -0.122. The van der Waals surface area contributed by atoms with E-state index in [1.165, 1.54) is 22.6 Å². The minimum absolute atomic E-state index is 0.0184. The average molecular weight is 308 g/mol. The maximum Gasteiger partial charge on any atom is 0.332 e. The van der Waals surface area contributed by atoms with Gasteiger partial charge < -0.3 is 9.30 Å². The highest BCUT2D eigenvalue weighted by Crippen LogP contribution is 2.04. The molecule has 22 heavy (non-hydrogen) atoms. The van der Waals surface area contributed by atoms with Crippen molar-refractivity contribution in [2.45, 2.75) is 25.8 Å². The third-order valence-electron chi connectivity index (χ3n) is 3.59. The summed E-state index contributed by atoms with van der Waals surface area (Å²) >= 11 is 0. The molecule has 0 aromatic carbocycles. The molecule has 2 heterocycles. The highest BCUT2D eigenvalue weighted by Gasteiger charge is 2.14. The van der Waals surface area contributed by atoms with Gasteiger partial charge in [0.25, 0.3) is 5.56 Å². The van der Waals surface area contributed by atoms with Crippen molar-refractivity contribution in [3.8, 4) is 0 Å². The van der Waals surface area contributed by atoms with Crippen LogP contribution in [0.4, 0.5) is 0 Å². The number of nitrogens with zero attached hydrogens (tertiary/aromatic N) is 4. The number of Topliss-reactive ketones (excluding diaryl/α,β-unsaturated/α-hetero) is 1. The number of carbonyl (C=O) groups is 1. The van der Waals surface area contributed by atoms with Crippen LogP contribution in [0.3, 0.4) is 0 Å². The highest BCUT2D eigenvalue weighted by molar-refractivity contribution is 5.79. The Morgan fingerprint density at radius 2 is 2.00 bits per heavy atom. The lowest BCUT2D eigenvalue weighted by atomic mass is 10.2. The van der Waals surface area contributed by atoms with E-state index < -0.39 is 0 Å². The predicted octanol–water partition coefficient (Wildman–Crippen LogP) is -0.180. The average Bonchev–Trinajstić information content (AvgIpc) is 2.86. The Morgan fingerprint density at radius 1 is 1.27 bits per heavy atom. The third kappa shape index (κ3) is 3.01. The molecule has 0 bridgehead atoms. The molecule has 120 valence electrons. The predicted molar refractivity (Wildman–Crippen MR) is 80.9 cm³/mol. The van der Waals surface area contributed by atoms with E-state index in [0.29, 0.717) is 30.4 Å². The molecule has 0 N–H and O–H groups in total. The van der Waals surface area contributed by atoms with Crippen LogP contribution in [0.25, 0.3) is 11.2 Å². The van der Waals surface area contributed by atoms with Crippen LogP contribution in [0.2, 0.25) is 0 Å². The minimum Gasteiger partial charge on any atom is -0.377 e. The molecule has 2 aromatic heterocycles. The fourth-order valence-electron chi connectivity index (χ4n) is 2.42. The van der Waals surface area contributed by atoms with Crippen LogP contribution in [0.5, 0.6) is 0 Å². The Labute approximate surface area is 126 Å². The lowest BCUT2D eigenvalue weighted by Gasteiger charge is -2.08. The maximum atomic E-state index is 12.4. The molecule has 0 aliphatic rings. The number of hydrogen-bond donors (Lipinski definition) is 0. The van der Waals surface area contributed by atoms with Gasteiger partial charge in [-0.3, -0.25) is 18.7 Å². The molecule has 8 nitrogen and oxygen atoms in total. The SMILES string of the molecule is COCC(=O)CCCCn1c(=O)c2c(ncn2C)n(C)c1=O. The summed E-state index contributed by atoms with van der Waals surface area (Å²) in [4.78, 5) is 40.1. The van der Waals surface area contributed by atoms with Crippen LogP contribution in [0.1, 0.15) is 19.3 Å². The van der Waals surface area contributed by atoms with E-state index in [0.717, 1.165) is 0 Å². The van der Waals surface area contributed by atoms with Gasteiger partial charge in [0.15, 0.2) is 16.9 Å². The Bertz CT molecular complexity index is 800. The molecule has 0 fully saturated rings. The van der Waals surface area contributed by atoms with Gasteiger partial charge in [-0.2, -0.15) is 0 Å². The molecule has 2 rings (SSSR count). The summed E-state index contributed by atoms with van der Waals surface area (Å²) in [5, 5.41) is 0. The van der Waals surface area contributed by atoms with Crippen molar-refractivity contribution in [2.75, 3.05) is 13.7 Å². The number of hydrogen-bond acceptors (Lipinski definition) is 5. The van der Waals surface area contributed by atoms with E-state index in [4.69, 9.17) is 4.74 Å². The smallest absolute Gasteiger partial charge is 0.332 e. The minimum atomic E-state index is -0.389. The van der Waals surface area contributed by atoms with E-state index in [-0.39, 0.29) is 30.2 Å². The number of fused-ring (bicyclic) bond motifs is 1. The van der Waals surface area contributed by atoms with Gasteiger partial charge in [0, 0.05) is 34.2 Å². The maximum absolute atomic E-state index is 12.4. The molecule has 0 unspecified atom stereocenters. The highest BCUT2D eigenvalue weighted by atomic mass is 16.5. The second kappa shape index (κ2) is 6.69. The van der Waals surface area contributed by atoms with Gasteiger partial charge >= 0.3 is 5.69 Å². The molecule has 0 saturated carbocycles. The van der Waals surface area contributed by atoms with Gasteiger partial charge in [-0.25, -0.2) is 9.78 Å². The van der Waals surface area contributed by atoms with Crippen LogP contribution in [-0.4, -0.2) is 38.2 Å². The summed E-state index contributed by atoms with van der Waals surface area (Å²) in [6, 6.07) is 0. The Hall–Kier alpha value is -2.22. The number of rotatable bonds is 7. The van der Waals surface area contributed by atoms with Crippen LogP contribution >= 0.6 is 0 Å². The van der Waals surface area contributed by atoms with Gasteiger partial charge in [0.05, 0.1) is 6.33 Å². The van der Waals surface area contributed by atoms with Gasteiger partial charge in [0.1, 0.15) is 6.61 Å². The van der Waals surface area contributed by atoms with E-state index >= 15 is 0 Å².